The molecule has 0 spiro atoms. The first kappa shape index (κ1) is 13.4. The van der Waals surface area contributed by atoms with Gasteiger partial charge < -0.3 is 10.0 Å². The Labute approximate surface area is 108 Å². The van der Waals surface area contributed by atoms with Crippen molar-refractivity contribution in [3.05, 3.63) is 0 Å². The lowest BCUT2D eigenvalue weighted by molar-refractivity contribution is -0.145. The quantitative estimate of drug-likeness (QED) is 0.782. The minimum Gasteiger partial charge on any atom is -0.481 e. The summed E-state index contributed by atoms with van der Waals surface area (Å²) in [6.45, 7) is 1.30. The predicted molar refractivity (Wildman–Crippen MR) is 68.1 cm³/mol. The summed E-state index contributed by atoms with van der Waals surface area (Å²) in [5.74, 6) is 0.235. The number of likely N-dealkylation sites (tertiary alicyclic amines) is 1. The van der Waals surface area contributed by atoms with Crippen molar-refractivity contribution in [1.82, 2.24) is 4.90 Å². The molecule has 1 aliphatic carbocycles. The van der Waals surface area contributed by atoms with Crippen LogP contribution in [0.3, 0.4) is 0 Å². The third-order valence-electron chi connectivity index (χ3n) is 4.21. The van der Waals surface area contributed by atoms with Crippen LogP contribution in [0, 0.1) is 11.8 Å². The van der Waals surface area contributed by atoms with Gasteiger partial charge in [-0.1, -0.05) is 25.7 Å². The zero-order valence-electron chi connectivity index (χ0n) is 10.9. The molecule has 0 atom stereocenters. The Kier molecular flexibility index (Phi) is 4.61. The SMILES string of the molecule is O=C(O)CC1CN(C(=O)CC2CCCCCC2)C1. The van der Waals surface area contributed by atoms with Crippen LogP contribution in [0.25, 0.3) is 0 Å². The molecule has 4 nitrogen and oxygen atoms in total. The Bertz CT molecular complexity index is 302. The Balaban J connectivity index is 1.68. The third kappa shape index (κ3) is 3.72. The second kappa shape index (κ2) is 6.21. The first-order chi connectivity index (χ1) is 8.65. The highest BCUT2D eigenvalue weighted by Crippen LogP contribution is 2.28. The van der Waals surface area contributed by atoms with Crippen LogP contribution in [0.4, 0.5) is 0 Å². The molecule has 2 aliphatic rings. The highest BCUT2D eigenvalue weighted by atomic mass is 16.4. The van der Waals surface area contributed by atoms with E-state index in [9.17, 15) is 9.59 Å². The molecule has 1 saturated carbocycles. The molecule has 2 rings (SSSR count). The van der Waals surface area contributed by atoms with E-state index >= 15 is 0 Å². The molecule has 1 aliphatic heterocycles. The maximum Gasteiger partial charge on any atom is 0.303 e. The van der Waals surface area contributed by atoms with E-state index in [4.69, 9.17) is 5.11 Å². The van der Waals surface area contributed by atoms with E-state index in [2.05, 4.69) is 0 Å². The lowest BCUT2D eigenvalue weighted by Crippen LogP contribution is -2.50. The Morgan fingerprint density at radius 1 is 0.944 bits per heavy atom. The van der Waals surface area contributed by atoms with Crippen molar-refractivity contribution < 1.29 is 14.7 Å². The van der Waals surface area contributed by atoms with Gasteiger partial charge in [0.1, 0.15) is 0 Å². The van der Waals surface area contributed by atoms with Gasteiger partial charge in [-0.3, -0.25) is 9.59 Å². The molecular formula is C14H23NO3. The topological polar surface area (TPSA) is 57.6 Å². The Morgan fingerprint density at radius 3 is 2.11 bits per heavy atom. The van der Waals surface area contributed by atoms with Crippen LogP contribution in [-0.4, -0.2) is 35.0 Å². The summed E-state index contributed by atoms with van der Waals surface area (Å²) >= 11 is 0. The largest absolute Gasteiger partial charge is 0.481 e. The van der Waals surface area contributed by atoms with E-state index in [-0.39, 0.29) is 18.2 Å². The maximum atomic E-state index is 12.0. The second-order valence-corrected chi connectivity index (χ2v) is 5.82. The van der Waals surface area contributed by atoms with E-state index in [1.807, 2.05) is 4.90 Å². The summed E-state index contributed by atoms with van der Waals surface area (Å²) in [6.07, 6.45) is 8.42. The Hall–Kier alpha value is -1.06. The van der Waals surface area contributed by atoms with E-state index in [1.54, 1.807) is 0 Å². The van der Waals surface area contributed by atoms with Gasteiger partial charge in [-0.05, 0) is 18.8 Å². The zero-order valence-corrected chi connectivity index (χ0v) is 10.9. The third-order valence-corrected chi connectivity index (χ3v) is 4.21. The van der Waals surface area contributed by atoms with Crippen LogP contribution in [0.15, 0.2) is 0 Å². The summed E-state index contributed by atoms with van der Waals surface area (Å²) in [5.41, 5.74) is 0. The normalized spacial score (nSPS) is 22.3. The van der Waals surface area contributed by atoms with Gasteiger partial charge >= 0.3 is 5.97 Å². The summed E-state index contributed by atoms with van der Waals surface area (Å²) in [7, 11) is 0. The van der Waals surface area contributed by atoms with Gasteiger partial charge in [-0.15, -0.1) is 0 Å². The standard InChI is InChI=1S/C14H23NO3/c16-13(7-11-5-3-1-2-4-6-11)15-9-12(10-15)8-14(17)18/h11-12H,1-10H2,(H,17,18). The Morgan fingerprint density at radius 2 is 1.56 bits per heavy atom. The fourth-order valence-electron chi connectivity index (χ4n) is 3.09. The first-order valence-electron chi connectivity index (χ1n) is 7.14. The number of nitrogens with zero attached hydrogens (tertiary/aromatic N) is 1. The highest BCUT2D eigenvalue weighted by molar-refractivity contribution is 5.77. The van der Waals surface area contributed by atoms with Crippen molar-refractivity contribution in [3.63, 3.8) is 0 Å². The molecular weight excluding hydrogens is 230 g/mol. The van der Waals surface area contributed by atoms with Gasteiger partial charge in [-0.2, -0.15) is 0 Å². The molecule has 1 saturated heterocycles. The average molecular weight is 253 g/mol. The minimum atomic E-state index is -0.754. The molecule has 0 aromatic carbocycles. The molecule has 18 heavy (non-hydrogen) atoms. The van der Waals surface area contributed by atoms with E-state index in [0.29, 0.717) is 25.4 Å². The molecule has 2 fully saturated rings. The van der Waals surface area contributed by atoms with Crippen molar-refractivity contribution >= 4 is 11.9 Å². The van der Waals surface area contributed by atoms with E-state index < -0.39 is 5.97 Å². The fourth-order valence-corrected chi connectivity index (χ4v) is 3.09. The van der Waals surface area contributed by atoms with Gasteiger partial charge in [0.25, 0.3) is 0 Å². The molecule has 0 radical (unpaired) electrons. The zero-order chi connectivity index (χ0) is 13.0. The number of carboxylic acid groups (broad SMARTS) is 1. The van der Waals surface area contributed by atoms with Crippen molar-refractivity contribution in [3.8, 4) is 0 Å². The van der Waals surface area contributed by atoms with Gasteiger partial charge in [0, 0.05) is 25.4 Å². The van der Waals surface area contributed by atoms with Gasteiger partial charge in [0.15, 0.2) is 0 Å². The van der Waals surface area contributed by atoms with Crippen molar-refractivity contribution in [2.24, 2.45) is 11.8 Å². The summed E-state index contributed by atoms with van der Waals surface area (Å²) < 4.78 is 0. The maximum absolute atomic E-state index is 12.0. The van der Waals surface area contributed by atoms with Crippen LogP contribution in [-0.2, 0) is 9.59 Å². The highest BCUT2D eigenvalue weighted by Gasteiger charge is 2.32. The van der Waals surface area contributed by atoms with Crippen LogP contribution >= 0.6 is 0 Å². The molecule has 0 bridgehead atoms. The molecule has 102 valence electrons. The van der Waals surface area contributed by atoms with Crippen LogP contribution < -0.4 is 0 Å². The minimum absolute atomic E-state index is 0.181. The van der Waals surface area contributed by atoms with Crippen molar-refractivity contribution in [2.45, 2.75) is 51.4 Å². The average Bonchev–Trinajstić information content (AvgIpc) is 2.50. The van der Waals surface area contributed by atoms with Crippen LogP contribution in [0.1, 0.15) is 51.4 Å². The van der Waals surface area contributed by atoms with Gasteiger partial charge in [-0.25, -0.2) is 0 Å². The summed E-state index contributed by atoms with van der Waals surface area (Å²) in [4.78, 5) is 24.4. The molecule has 1 heterocycles. The summed E-state index contributed by atoms with van der Waals surface area (Å²) in [6, 6.07) is 0. The number of amides is 1. The lowest BCUT2D eigenvalue weighted by Gasteiger charge is -2.39. The first-order valence-corrected chi connectivity index (χ1v) is 7.14. The summed E-state index contributed by atoms with van der Waals surface area (Å²) in [5, 5.41) is 8.66. The molecule has 0 aromatic rings. The smallest absolute Gasteiger partial charge is 0.303 e. The van der Waals surface area contributed by atoms with E-state index in [0.717, 1.165) is 0 Å². The molecule has 1 amide bonds. The van der Waals surface area contributed by atoms with E-state index in [1.165, 1.54) is 38.5 Å². The number of hydrogen-bond acceptors (Lipinski definition) is 2. The van der Waals surface area contributed by atoms with Gasteiger partial charge in [0.2, 0.25) is 5.91 Å². The fraction of sp³-hybridized carbons (Fsp3) is 0.857. The number of carbonyl (C=O) groups excluding carboxylic acids is 1. The number of carboxylic acids is 1. The van der Waals surface area contributed by atoms with Crippen LogP contribution in [0.2, 0.25) is 0 Å². The number of hydrogen-bond donors (Lipinski definition) is 1. The lowest BCUT2D eigenvalue weighted by atomic mass is 9.92. The van der Waals surface area contributed by atoms with Crippen LogP contribution in [0.5, 0.6) is 0 Å². The van der Waals surface area contributed by atoms with Gasteiger partial charge in [0.05, 0.1) is 6.42 Å². The predicted octanol–water partition coefficient (Wildman–Crippen LogP) is 2.28. The molecule has 0 aromatic heterocycles. The molecule has 0 unspecified atom stereocenters. The van der Waals surface area contributed by atoms with Crippen molar-refractivity contribution in [2.75, 3.05) is 13.1 Å². The monoisotopic (exact) mass is 253 g/mol. The van der Waals surface area contributed by atoms with Crippen molar-refractivity contribution in [1.29, 1.82) is 0 Å². The number of carbonyl (C=O) groups is 2. The second-order valence-electron chi connectivity index (χ2n) is 5.82. The number of aliphatic carboxylic acids is 1. The molecule has 1 N–H and O–H groups in total. The molecule has 4 heteroatoms. The number of rotatable bonds is 4.